The van der Waals surface area contributed by atoms with Crippen LogP contribution in [0.1, 0.15) is 30.0 Å². The van der Waals surface area contributed by atoms with Gasteiger partial charge >= 0.3 is 5.97 Å². The van der Waals surface area contributed by atoms with Gasteiger partial charge in [-0.2, -0.15) is 5.26 Å². The minimum Gasteiger partial charge on any atom is -0.478 e. The first-order chi connectivity index (χ1) is 8.06. The van der Waals surface area contributed by atoms with E-state index in [-0.39, 0.29) is 11.5 Å². The highest BCUT2D eigenvalue weighted by Crippen LogP contribution is 2.11. The fraction of sp³-hybridized carbons (Fsp3) is 0.500. The molecule has 0 saturated carbocycles. The summed E-state index contributed by atoms with van der Waals surface area (Å²) in [7, 11) is 0. The van der Waals surface area contributed by atoms with Gasteiger partial charge in [0.1, 0.15) is 12.0 Å². The SMILES string of the molecule is CCN(Cc1cc(C(=O)O)co1)CC(C)C#N. The van der Waals surface area contributed by atoms with E-state index in [0.717, 1.165) is 6.54 Å². The normalized spacial score (nSPS) is 12.4. The number of hydrogen-bond acceptors (Lipinski definition) is 4. The lowest BCUT2D eigenvalue weighted by molar-refractivity contribution is 0.0696. The summed E-state index contributed by atoms with van der Waals surface area (Å²) in [6.45, 7) is 5.81. The maximum atomic E-state index is 10.7. The third-order valence-corrected chi connectivity index (χ3v) is 2.48. The number of nitriles is 1. The molecule has 0 aliphatic carbocycles. The molecule has 0 bridgehead atoms. The molecule has 1 heterocycles. The van der Waals surface area contributed by atoms with Crippen LogP contribution >= 0.6 is 0 Å². The van der Waals surface area contributed by atoms with Crippen molar-refractivity contribution in [1.29, 1.82) is 5.26 Å². The van der Waals surface area contributed by atoms with Gasteiger partial charge in [-0.25, -0.2) is 4.79 Å². The zero-order valence-electron chi connectivity index (χ0n) is 10.0. The monoisotopic (exact) mass is 236 g/mol. The van der Waals surface area contributed by atoms with Crippen molar-refractivity contribution in [2.75, 3.05) is 13.1 Å². The van der Waals surface area contributed by atoms with E-state index >= 15 is 0 Å². The number of hydrogen-bond donors (Lipinski definition) is 1. The summed E-state index contributed by atoms with van der Waals surface area (Å²) in [6, 6.07) is 3.69. The molecule has 0 fully saturated rings. The second-order valence-electron chi connectivity index (χ2n) is 3.96. The molecule has 0 amide bonds. The van der Waals surface area contributed by atoms with Crippen molar-refractivity contribution in [3.05, 3.63) is 23.7 Å². The minimum absolute atomic E-state index is 0.0520. The highest BCUT2D eigenvalue weighted by atomic mass is 16.4. The van der Waals surface area contributed by atoms with Crippen LogP contribution in [0.3, 0.4) is 0 Å². The van der Waals surface area contributed by atoms with Crippen LogP contribution in [0.5, 0.6) is 0 Å². The number of aromatic carboxylic acids is 1. The standard InChI is InChI=1S/C12H16N2O3/c1-3-14(6-9(2)5-13)7-11-4-10(8-17-11)12(15)16/h4,8-9H,3,6-7H2,1-2H3,(H,15,16). The van der Waals surface area contributed by atoms with E-state index in [4.69, 9.17) is 14.8 Å². The smallest absolute Gasteiger partial charge is 0.338 e. The molecular weight excluding hydrogens is 220 g/mol. The summed E-state index contributed by atoms with van der Waals surface area (Å²) in [6.07, 6.45) is 1.24. The molecule has 0 radical (unpaired) electrons. The predicted octanol–water partition coefficient (Wildman–Crippen LogP) is 1.96. The van der Waals surface area contributed by atoms with E-state index in [1.165, 1.54) is 12.3 Å². The molecule has 0 spiro atoms. The van der Waals surface area contributed by atoms with Crippen molar-refractivity contribution < 1.29 is 14.3 Å². The highest BCUT2D eigenvalue weighted by Gasteiger charge is 2.13. The number of carboxylic acid groups (broad SMARTS) is 1. The quantitative estimate of drug-likeness (QED) is 0.816. The summed E-state index contributed by atoms with van der Waals surface area (Å²) in [5.41, 5.74) is 0.157. The largest absolute Gasteiger partial charge is 0.478 e. The zero-order valence-corrected chi connectivity index (χ0v) is 10.0. The Kier molecular flexibility index (Phi) is 4.73. The van der Waals surface area contributed by atoms with E-state index in [1.54, 1.807) is 0 Å². The number of nitrogens with zero attached hydrogens (tertiary/aromatic N) is 2. The van der Waals surface area contributed by atoms with Gasteiger partial charge in [0.2, 0.25) is 0 Å². The molecule has 0 aliphatic rings. The van der Waals surface area contributed by atoms with Crippen molar-refractivity contribution in [3.8, 4) is 6.07 Å². The Morgan fingerprint density at radius 2 is 2.41 bits per heavy atom. The summed E-state index contributed by atoms with van der Waals surface area (Å²) in [4.78, 5) is 12.7. The molecule has 1 aromatic heterocycles. The maximum Gasteiger partial charge on any atom is 0.338 e. The van der Waals surface area contributed by atoms with Crippen LogP contribution in [0.15, 0.2) is 16.7 Å². The minimum atomic E-state index is -0.992. The second kappa shape index (κ2) is 6.06. The first-order valence-corrected chi connectivity index (χ1v) is 5.49. The van der Waals surface area contributed by atoms with E-state index in [9.17, 15) is 4.79 Å². The molecule has 1 aromatic rings. The predicted molar refractivity (Wildman–Crippen MR) is 61.4 cm³/mol. The maximum absolute atomic E-state index is 10.7. The van der Waals surface area contributed by atoms with Gasteiger partial charge in [-0.3, -0.25) is 4.90 Å². The van der Waals surface area contributed by atoms with Crippen molar-refractivity contribution >= 4 is 5.97 Å². The van der Waals surface area contributed by atoms with Crippen molar-refractivity contribution in [2.24, 2.45) is 5.92 Å². The third-order valence-electron chi connectivity index (χ3n) is 2.48. The Labute approximate surface area is 100 Å². The van der Waals surface area contributed by atoms with E-state index in [1.807, 2.05) is 18.7 Å². The lowest BCUT2D eigenvalue weighted by Gasteiger charge is -2.19. The van der Waals surface area contributed by atoms with Gasteiger partial charge in [-0.15, -0.1) is 0 Å². The van der Waals surface area contributed by atoms with Gasteiger partial charge in [-0.1, -0.05) is 6.92 Å². The van der Waals surface area contributed by atoms with Gasteiger partial charge < -0.3 is 9.52 Å². The summed E-state index contributed by atoms with van der Waals surface area (Å²) < 4.78 is 5.17. The Morgan fingerprint density at radius 1 is 1.71 bits per heavy atom. The third kappa shape index (κ3) is 3.93. The number of furan rings is 1. The van der Waals surface area contributed by atoms with Gasteiger partial charge in [0.25, 0.3) is 0 Å². The van der Waals surface area contributed by atoms with Crippen LogP contribution in [-0.2, 0) is 6.54 Å². The van der Waals surface area contributed by atoms with E-state index in [2.05, 4.69) is 6.07 Å². The van der Waals surface area contributed by atoms with Gasteiger partial charge in [0.05, 0.1) is 24.1 Å². The average Bonchev–Trinajstić information content (AvgIpc) is 2.76. The van der Waals surface area contributed by atoms with Crippen LogP contribution in [0.4, 0.5) is 0 Å². The number of rotatable bonds is 6. The molecule has 1 rings (SSSR count). The van der Waals surface area contributed by atoms with Gasteiger partial charge in [0, 0.05) is 6.54 Å². The van der Waals surface area contributed by atoms with E-state index in [0.29, 0.717) is 18.8 Å². The Hall–Kier alpha value is -1.80. The van der Waals surface area contributed by atoms with Gasteiger partial charge in [0.15, 0.2) is 0 Å². The molecular formula is C12H16N2O3. The highest BCUT2D eigenvalue weighted by molar-refractivity contribution is 5.87. The van der Waals surface area contributed by atoms with Crippen LogP contribution in [0, 0.1) is 17.2 Å². The summed E-state index contributed by atoms with van der Waals surface area (Å²) in [5.74, 6) is -0.438. The fourth-order valence-electron chi connectivity index (χ4n) is 1.53. The summed E-state index contributed by atoms with van der Waals surface area (Å²) in [5, 5.41) is 17.5. The first kappa shape index (κ1) is 13.3. The van der Waals surface area contributed by atoms with Crippen LogP contribution in [0.25, 0.3) is 0 Å². The number of carboxylic acids is 1. The molecule has 1 unspecified atom stereocenters. The molecule has 1 N–H and O–H groups in total. The zero-order chi connectivity index (χ0) is 12.8. The van der Waals surface area contributed by atoms with Gasteiger partial charge in [-0.05, 0) is 19.5 Å². The number of carbonyl (C=O) groups is 1. The van der Waals surface area contributed by atoms with Crippen LogP contribution < -0.4 is 0 Å². The second-order valence-corrected chi connectivity index (χ2v) is 3.96. The van der Waals surface area contributed by atoms with Crippen LogP contribution in [0.2, 0.25) is 0 Å². The molecule has 1 atom stereocenters. The lowest BCUT2D eigenvalue weighted by Crippen LogP contribution is -2.27. The average molecular weight is 236 g/mol. The van der Waals surface area contributed by atoms with E-state index < -0.39 is 5.97 Å². The molecule has 0 saturated heterocycles. The fourth-order valence-corrected chi connectivity index (χ4v) is 1.53. The van der Waals surface area contributed by atoms with Crippen LogP contribution in [-0.4, -0.2) is 29.1 Å². The Bertz CT molecular complexity index is 420. The topological polar surface area (TPSA) is 77.5 Å². The van der Waals surface area contributed by atoms with Crippen molar-refractivity contribution in [2.45, 2.75) is 20.4 Å². The summed E-state index contributed by atoms with van der Waals surface area (Å²) >= 11 is 0. The lowest BCUT2D eigenvalue weighted by atomic mass is 10.2. The Morgan fingerprint density at radius 3 is 2.88 bits per heavy atom. The first-order valence-electron chi connectivity index (χ1n) is 5.49. The molecule has 92 valence electrons. The van der Waals surface area contributed by atoms with Crippen molar-refractivity contribution in [1.82, 2.24) is 4.90 Å². The molecule has 5 heteroatoms. The van der Waals surface area contributed by atoms with Crippen molar-refractivity contribution in [3.63, 3.8) is 0 Å². The molecule has 5 nitrogen and oxygen atoms in total. The molecule has 0 aromatic carbocycles. The Balaban J connectivity index is 2.61. The molecule has 0 aliphatic heterocycles. The molecule has 17 heavy (non-hydrogen) atoms.